The summed E-state index contributed by atoms with van der Waals surface area (Å²) in [6.07, 6.45) is 7.28. The molecule has 5 nitrogen and oxygen atoms in total. The topological polar surface area (TPSA) is 61.4 Å². The number of benzene rings is 1. The summed E-state index contributed by atoms with van der Waals surface area (Å²) in [5, 5.41) is 2.22. The lowest BCUT2D eigenvalue weighted by Crippen LogP contribution is -2.84. The van der Waals surface area contributed by atoms with E-state index < -0.39 is 0 Å². The van der Waals surface area contributed by atoms with Gasteiger partial charge in [0.25, 0.3) is 0 Å². The minimum Gasteiger partial charge on any atom is -0.461 e. The van der Waals surface area contributed by atoms with Crippen molar-refractivity contribution in [1.29, 1.82) is 0 Å². The summed E-state index contributed by atoms with van der Waals surface area (Å²) in [7, 11) is 0. The number of hydrogen-bond acceptors (Lipinski definition) is 4. The van der Waals surface area contributed by atoms with Gasteiger partial charge in [0.1, 0.15) is 18.6 Å². The van der Waals surface area contributed by atoms with Crippen LogP contribution in [0.1, 0.15) is 45.1 Å². The molecule has 2 N–H and O–H groups in total. The van der Waals surface area contributed by atoms with Crippen LogP contribution in [0.4, 0.5) is 0 Å². The molecule has 0 unspecified atom stereocenters. The van der Waals surface area contributed by atoms with Crippen molar-refractivity contribution >= 4 is 5.97 Å². The molecule has 28 heavy (non-hydrogen) atoms. The maximum absolute atomic E-state index is 12.6. The molecule has 0 radical (unpaired) electrons. The van der Waals surface area contributed by atoms with E-state index in [1.54, 1.807) is 5.57 Å². The number of carbonyl (C=O) groups is 1. The number of hydrogen-bond donors (Lipinski definition) is 1. The molecule has 1 saturated carbocycles. The summed E-state index contributed by atoms with van der Waals surface area (Å²) >= 11 is 0. The number of quaternary nitrogens is 1. The number of esters is 1. The van der Waals surface area contributed by atoms with Crippen LogP contribution in [-0.2, 0) is 16.1 Å². The smallest absolute Gasteiger partial charge is 0.315 e. The van der Waals surface area contributed by atoms with Gasteiger partial charge in [0.15, 0.2) is 11.5 Å². The van der Waals surface area contributed by atoms with Crippen LogP contribution in [-0.4, -0.2) is 25.4 Å². The second-order valence-electron chi connectivity index (χ2n) is 9.26. The molecule has 150 valence electrons. The predicted octanol–water partition coefficient (Wildman–Crippen LogP) is 2.79. The Morgan fingerprint density at radius 1 is 1.25 bits per heavy atom. The van der Waals surface area contributed by atoms with Crippen molar-refractivity contribution in [1.82, 2.24) is 0 Å². The Balaban J connectivity index is 1.27. The van der Waals surface area contributed by atoms with Crippen molar-refractivity contribution in [2.75, 3.05) is 13.3 Å². The highest BCUT2D eigenvalue weighted by Crippen LogP contribution is 2.53. The summed E-state index contributed by atoms with van der Waals surface area (Å²) in [5.74, 6) is 2.45. The van der Waals surface area contributed by atoms with Crippen molar-refractivity contribution < 1.29 is 24.3 Å². The zero-order chi connectivity index (χ0) is 19.3. The maximum atomic E-state index is 12.6. The van der Waals surface area contributed by atoms with Crippen LogP contribution in [0.15, 0.2) is 29.8 Å². The van der Waals surface area contributed by atoms with E-state index in [0.29, 0.717) is 12.7 Å². The minimum absolute atomic E-state index is 0.0105. The Morgan fingerprint density at radius 3 is 3.00 bits per heavy atom. The Hall–Kier alpha value is -2.01. The maximum Gasteiger partial charge on any atom is 0.315 e. The molecule has 1 saturated heterocycles. The van der Waals surface area contributed by atoms with Gasteiger partial charge >= 0.3 is 5.97 Å². The van der Waals surface area contributed by atoms with Gasteiger partial charge in [-0.15, -0.1) is 0 Å². The fourth-order valence-electron chi connectivity index (χ4n) is 5.81. The Morgan fingerprint density at radius 2 is 2.11 bits per heavy atom. The number of fused-ring (bicyclic) bond motifs is 3. The Kier molecular flexibility index (Phi) is 4.38. The third kappa shape index (κ3) is 3.00. The van der Waals surface area contributed by atoms with Gasteiger partial charge < -0.3 is 19.5 Å². The molecule has 5 rings (SSSR count). The lowest BCUT2D eigenvalue weighted by atomic mass is 9.59. The van der Waals surface area contributed by atoms with Crippen LogP contribution < -0.4 is 14.8 Å². The third-order valence-corrected chi connectivity index (χ3v) is 7.32. The lowest BCUT2D eigenvalue weighted by Gasteiger charge is -2.45. The Bertz CT molecular complexity index is 819. The molecule has 0 spiro atoms. The van der Waals surface area contributed by atoms with E-state index in [4.69, 9.17) is 14.2 Å². The first kappa shape index (κ1) is 18.0. The van der Waals surface area contributed by atoms with E-state index in [1.165, 1.54) is 24.8 Å². The molecule has 0 bridgehead atoms. The van der Waals surface area contributed by atoms with Gasteiger partial charge in [0.05, 0.1) is 6.54 Å². The number of nitrogens with two attached hydrogens (primary N) is 1. The summed E-state index contributed by atoms with van der Waals surface area (Å²) in [5.41, 5.74) is 2.99. The molecule has 0 aromatic heterocycles. The summed E-state index contributed by atoms with van der Waals surface area (Å²) in [4.78, 5) is 12.6. The van der Waals surface area contributed by atoms with Gasteiger partial charge in [-0.05, 0) is 48.8 Å². The van der Waals surface area contributed by atoms with E-state index in [-0.39, 0.29) is 29.3 Å². The Labute approximate surface area is 166 Å². The molecule has 2 aliphatic heterocycles. The second-order valence-corrected chi connectivity index (χ2v) is 9.26. The lowest BCUT2D eigenvalue weighted by molar-refractivity contribution is -0.674. The summed E-state index contributed by atoms with van der Waals surface area (Å²) in [6, 6.07) is 6.06. The molecule has 4 aliphatic rings. The van der Waals surface area contributed by atoms with E-state index in [1.807, 2.05) is 12.1 Å². The second kappa shape index (κ2) is 6.80. The zero-order valence-electron chi connectivity index (χ0n) is 16.8. The number of rotatable bonds is 4. The molecule has 5 atom stereocenters. The van der Waals surface area contributed by atoms with Crippen LogP contribution in [0.25, 0.3) is 0 Å². The summed E-state index contributed by atoms with van der Waals surface area (Å²) in [6.45, 7) is 6.61. The van der Waals surface area contributed by atoms with Gasteiger partial charge in [-0.25, -0.2) is 0 Å². The fourth-order valence-corrected chi connectivity index (χ4v) is 5.81. The van der Waals surface area contributed by atoms with Crippen LogP contribution in [0.2, 0.25) is 0 Å². The highest BCUT2D eigenvalue weighted by molar-refractivity contribution is 5.76. The molecule has 5 heteroatoms. The SMILES string of the molecule is C[C@H]1CCC[C@]2(C)C[C@H]3OC(=O)[C@H](C[NH2+]Cc4ccc5c(c4)OCO5)[C@H]3C=C12. The van der Waals surface area contributed by atoms with Gasteiger partial charge in [0, 0.05) is 11.5 Å². The van der Waals surface area contributed by atoms with E-state index in [0.717, 1.165) is 31.0 Å². The van der Waals surface area contributed by atoms with Gasteiger partial charge in [-0.2, -0.15) is 0 Å². The first-order valence-corrected chi connectivity index (χ1v) is 10.7. The van der Waals surface area contributed by atoms with E-state index in [9.17, 15) is 4.79 Å². The van der Waals surface area contributed by atoms with Crippen LogP contribution >= 0.6 is 0 Å². The molecule has 1 aromatic rings. The van der Waals surface area contributed by atoms with Crippen molar-refractivity contribution in [2.45, 2.75) is 52.2 Å². The number of carbonyl (C=O) groups excluding carboxylic acids is 1. The first-order chi connectivity index (χ1) is 13.5. The van der Waals surface area contributed by atoms with Crippen LogP contribution in [0, 0.1) is 23.2 Å². The molecule has 2 heterocycles. The van der Waals surface area contributed by atoms with Crippen LogP contribution in [0.5, 0.6) is 11.5 Å². The summed E-state index contributed by atoms with van der Waals surface area (Å²) < 4.78 is 16.7. The first-order valence-electron chi connectivity index (χ1n) is 10.7. The highest BCUT2D eigenvalue weighted by atomic mass is 16.7. The normalized spacial score (nSPS) is 35.8. The standard InChI is InChI=1S/C23H29NO4/c1-14-4-3-7-23(2)10-21-16(9-18(14)23)17(22(25)28-21)12-24-11-15-5-6-19-20(8-15)27-13-26-19/h5-6,8-9,14,16-17,21,24H,3-4,7,10-13H2,1-2H3/p+1/t14-,16+,17+,21+,23+/m0/s1. The minimum atomic E-state index is -0.0369. The molecule has 0 amide bonds. The molecular formula is C23H30NO4+. The molecule has 2 fully saturated rings. The zero-order valence-corrected chi connectivity index (χ0v) is 16.8. The van der Waals surface area contributed by atoms with Gasteiger partial charge in [-0.3, -0.25) is 4.79 Å². The average Bonchev–Trinajstić information content (AvgIpc) is 3.24. The fraction of sp³-hybridized carbons (Fsp3) is 0.609. The van der Waals surface area contributed by atoms with Crippen molar-refractivity contribution in [3.05, 3.63) is 35.4 Å². The van der Waals surface area contributed by atoms with Gasteiger partial charge in [0.2, 0.25) is 6.79 Å². The number of ether oxygens (including phenoxy) is 3. The molecule has 2 aliphatic carbocycles. The van der Waals surface area contributed by atoms with Gasteiger partial charge in [-0.1, -0.05) is 31.9 Å². The van der Waals surface area contributed by atoms with E-state index in [2.05, 4.69) is 31.3 Å². The predicted molar refractivity (Wildman–Crippen MR) is 104 cm³/mol. The van der Waals surface area contributed by atoms with Crippen molar-refractivity contribution in [2.24, 2.45) is 23.2 Å². The monoisotopic (exact) mass is 384 g/mol. The van der Waals surface area contributed by atoms with Crippen molar-refractivity contribution in [3.8, 4) is 11.5 Å². The quantitative estimate of drug-likeness (QED) is 0.641. The average molecular weight is 384 g/mol. The third-order valence-electron chi connectivity index (χ3n) is 7.32. The number of allylic oxidation sites excluding steroid dienone is 1. The molecule has 1 aromatic carbocycles. The largest absolute Gasteiger partial charge is 0.461 e. The van der Waals surface area contributed by atoms with Crippen molar-refractivity contribution in [3.63, 3.8) is 0 Å². The van der Waals surface area contributed by atoms with Crippen LogP contribution in [0.3, 0.4) is 0 Å². The highest BCUT2D eigenvalue weighted by Gasteiger charge is 2.52. The molecular weight excluding hydrogens is 354 g/mol. The van der Waals surface area contributed by atoms with E-state index >= 15 is 0 Å².